The van der Waals surface area contributed by atoms with Gasteiger partial charge in [-0.1, -0.05) is 18.5 Å². The zero-order valence-electron chi connectivity index (χ0n) is 9.69. The Labute approximate surface area is 110 Å². The molecule has 0 aromatic carbocycles. The number of hydrogen-bond acceptors (Lipinski definition) is 5. The zero-order chi connectivity index (χ0) is 12.3. The zero-order valence-corrected chi connectivity index (χ0v) is 11.3. The van der Waals surface area contributed by atoms with Crippen molar-refractivity contribution in [1.82, 2.24) is 9.97 Å². The molecule has 2 rings (SSSR count). The number of rotatable bonds is 5. The highest BCUT2D eigenvalue weighted by Crippen LogP contribution is 2.41. The van der Waals surface area contributed by atoms with Gasteiger partial charge >= 0.3 is 0 Å². The Bertz CT molecular complexity index is 375. The summed E-state index contributed by atoms with van der Waals surface area (Å²) in [6.07, 6.45) is 5.00. The quantitative estimate of drug-likeness (QED) is 0.861. The van der Waals surface area contributed by atoms with Crippen LogP contribution in [0.5, 0.6) is 0 Å². The summed E-state index contributed by atoms with van der Waals surface area (Å²) in [4.78, 5) is 8.08. The number of halogens is 1. The van der Waals surface area contributed by atoms with E-state index in [9.17, 15) is 5.11 Å². The Balaban J connectivity index is 1.87. The SMILES string of the molecule is CCSC1CCC1(O)CNc1ncc(Cl)cn1. The molecule has 2 unspecified atom stereocenters. The molecule has 4 nitrogen and oxygen atoms in total. The van der Waals surface area contributed by atoms with Gasteiger partial charge in [-0.25, -0.2) is 9.97 Å². The average molecular weight is 274 g/mol. The van der Waals surface area contributed by atoms with Gasteiger partial charge in [0.2, 0.25) is 5.95 Å². The molecule has 1 aromatic heterocycles. The summed E-state index contributed by atoms with van der Waals surface area (Å²) in [5.41, 5.74) is -0.621. The number of aromatic nitrogens is 2. The first-order chi connectivity index (χ1) is 8.14. The van der Waals surface area contributed by atoms with Gasteiger partial charge < -0.3 is 10.4 Å². The summed E-state index contributed by atoms with van der Waals surface area (Å²) in [6, 6.07) is 0. The molecule has 17 heavy (non-hydrogen) atoms. The number of nitrogens with zero attached hydrogens (tertiary/aromatic N) is 2. The highest BCUT2D eigenvalue weighted by molar-refractivity contribution is 8.00. The predicted octanol–water partition coefficient (Wildman–Crippen LogP) is 2.19. The van der Waals surface area contributed by atoms with Crippen molar-refractivity contribution in [3.8, 4) is 0 Å². The molecule has 0 saturated heterocycles. The van der Waals surface area contributed by atoms with Gasteiger partial charge in [0.25, 0.3) is 0 Å². The molecule has 0 spiro atoms. The van der Waals surface area contributed by atoms with Gasteiger partial charge in [-0.15, -0.1) is 0 Å². The third kappa shape index (κ3) is 3.03. The summed E-state index contributed by atoms with van der Waals surface area (Å²) < 4.78 is 0. The number of aliphatic hydroxyl groups is 1. The second-order valence-electron chi connectivity index (χ2n) is 4.16. The molecule has 1 saturated carbocycles. The van der Waals surface area contributed by atoms with Crippen LogP contribution >= 0.6 is 23.4 Å². The maximum Gasteiger partial charge on any atom is 0.222 e. The summed E-state index contributed by atoms with van der Waals surface area (Å²) in [5, 5.41) is 14.2. The normalized spacial score (nSPS) is 27.6. The minimum atomic E-state index is -0.621. The molecule has 2 atom stereocenters. The van der Waals surface area contributed by atoms with E-state index in [-0.39, 0.29) is 0 Å². The van der Waals surface area contributed by atoms with Gasteiger partial charge in [0.05, 0.1) is 23.0 Å². The van der Waals surface area contributed by atoms with Crippen LogP contribution in [0.1, 0.15) is 19.8 Å². The molecule has 1 aliphatic carbocycles. The Morgan fingerprint density at radius 3 is 2.82 bits per heavy atom. The third-order valence-corrected chi connectivity index (χ3v) is 4.58. The molecule has 0 radical (unpaired) electrons. The van der Waals surface area contributed by atoms with Crippen molar-refractivity contribution in [2.24, 2.45) is 0 Å². The van der Waals surface area contributed by atoms with E-state index >= 15 is 0 Å². The van der Waals surface area contributed by atoms with E-state index in [1.165, 1.54) is 0 Å². The lowest BCUT2D eigenvalue weighted by molar-refractivity contribution is -0.0121. The average Bonchev–Trinajstić information content (AvgIpc) is 2.33. The second-order valence-corrected chi connectivity index (χ2v) is 6.08. The largest absolute Gasteiger partial charge is 0.387 e. The smallest absolute Gasteiger partial charge is 0.222 e. The predicted molar refractivity (Wildman–Crippen MR) is 71.6 cm³/mol. The van der Waals surface area contributed by atoms with Gasteiger partial charge in [-0.3, -0.25) is 0 Å². The van der Waals surface area contributed by atoms with Gasteiger partial charge in [0.15, 0.2) is 0 Å². The molecule has 0 amide bonds. The van der Waals surface area contributed by atoms with Gasteiger partial charge in [-0.05, 0) is 18.6 Å². The summed E-state index contributed by atoms with van der Waals surface area (Å²) in [6.45, 7) is 2.60. The Morgan fingerprint density at radius 2 is 2.29 bits per heavy atom. The lowest BCUT2D eigenvalue weighted by atomic mass is 9.79. The second kappa shape index (κ2) is 5.42. The van der Waals surface area contributed by atoms with E-state index in [1.807, 2.05) is 11.8 Å². The first kappa shape index (κ1) is 12.9. The lowest BCUT2D eigenvalue weighted by Gasteiger charge is -2.45. The van der Waals surface area contributed by atoms with Crippen molar-refractivity contribution in [3.05, 3.63) is 17.4 Å². The summed E-state index contributed by atoms with van der Waals surface area (Å²) >= 11 is 7.51. The fourth-order valence-corrected chi connectivity index (χ4v) is 3.17. The van der Waals surface area contributed by atoms with Gasteiger partial charge in [-0.2, -0.15) is 11.8 Å². The molecule has 94 valence electrons. The molecule has 1 fully saturated rings. The van der Waals surface area contributed by atoms with Crippen LogP contribution < -0.4 is 5.32 Å². The fraction of sp³-hybridized carbons (Fsp3) is 0.636. The third-order valence-electron chi connectivity index (χ3n) is 2.98. The first-order valence-corrected chi connectivity index (χ1v) is 7.12. The topological polar surface area (TPSA) is 58.0 Å². The Hall–Kier alpha value is -0.520. The maximum atomic E-state index is 10.4. The highest BCUT2D eigenvalue weighted by atomic mass is 35.5. The minimum Gasteiger partial charge on any atom is -0.387 e. The Morgan fingerprint density at radius 1 is 1.59 bits per heavy atom. The van der Waals surface area contributed by atoms with Crippen molar-refractivity contribution in [2.45, 2.75) is 30.6 Å². The molecule has 0 bridgehead atoms. The van der Waals surface area contributed by atoms with Crippen molar-refractivity contribution >= 4 is 29.3 Å². The number of anilines is 1. The molecule has 0 aliphatic heterocycles. The van der Waals surface area contributed by atoms with Crippen LogP contribution in [0.25, 0.3) is 0 Å². The monoisotopic (exact) mass is 273 g/mol. The van der Waals surface area contributed by atoms with Crippen LogP contribution in [-0.2, 0) is 0 Å². The summed E-state index contributed by atoms with van der Waals surface area (Å²) in [7, 11) is 0. The van der Waals surface area contributed by atoms with E-state index in [2.05, 4.69) is 22.2 Å². The van der Waals surface area contributed by atoms with Crippen LogP contribution in [-0.4, -0.2) is 38.2 Å². The highest BCUT2D eigenvalue weighted by Gasteiger charge is 2.45. The maximum absolute atomic E-state index is 10.4. The molecular formula is C11H16ClN3OS. The van der Waals surface area contributed by atoms with Crippen LogP contribution in [0.15, 0.2) is 12.4 Å². The lowest BCUT2D eigenvalue weighted by Crippen LogP contribution is -2.54. The van der Waals surface area contributed by atoms with Gasteiger partial charge in [0.1, 0.15) is 0 Å². The first-order valence-electron chi connectivity index (χ1n) is 5.69. The van der Waals surface area contributed by atoms with Crippen molar-refractivity contribution in [2.75, 3.05) is 17.6 Å². The van der Waals surface area contributed by atoms with E-state index in [0.717, 1.165) is 18.6 Å². The van der Waals surface area contributed by atoms with Crippen molar-refractivity contribution < 1.29 is 5.11 Å². The number of nitrogens with one attached hydrogen (secondary N) is 1. The standard InChI is InChI=1S/C11H16ClN3OS/c1-2-17-9-3-4-11(9,16)7-15-10-13-5-8(12)6-14-10/h5-6,9,16H,2-4,7H2,1H3,(H,13,14,15). The molecular weight excluding hydrogens is 258 g/mol. The number of thioether (sulfide) groups is 1. The molecule has 2 N–H and O–H groups in total. The summed E-state index contributed by atoms with van der Waals surface area (Å²) in [5.74, 6) is 1.54. The Kier molecular flexibility index (Phi) is 4.12. The van der Waals surface area contributed by atoms with E-state index in [1.54, 1.807) is 12.4 Å². The van der Waals surface area contributed by atoms with Crippen LogP contribution in [0.4, 0.5) is 5.95 Å². The molecule has 1 aliphatic rings. The van der Waals surface area contributed by atoms with E-state index < -0.39 is 5.60 Å². The van der Waals surface area contributed by atoms with Gasteiger partial charge in [0, 0.05) is 11.8 Å². The van der Waals surface area contributed by atoms with Crippen molar-refractivity contribution in [1.29, 1.82) is 0 Å². The van der Waals surface area contributed by atoms with Crippen LogP contribution in [0, 0.1) is 0 Å². The van der Waals surface area contributed by atoms with Crippen LogP contribution in [0.3, 0.4) is 0 Å². The van der Waals surface area contributed by atoms with Crippen LogP contribution in [0.2, 0.25) is 5.02 Å². The van der Waals surface area contributed by atoms with Crippen molar-refractivity contribution in [3.63, 3.8) is 0 Å². The minimum absolute atomic E-state index is 0.326. The number of hydrogen-bond donors (Lipinski definition) is 2. The fourth-order valence-electron chi connectivity index (χ4n) is 1.87. The molecule has 1 heterocycles. The van der Waals surface area contributed by atoms with E-state index in [0.29, 0.717) is 22.8 Å². The molecule has 6 heteroatoms. The van der Waals surface area contributed by atoms with E-state index in [4.69, 9.17) is 11.6 Å². The molecule has 1 aromatic rings.